The molecule has 5 heteroatoms. The van der Waals surface area contributed by atoms with E-state index < -0.39 is 12.1 Å². The van der Waals surface area contributed by atoms with E-state index in [1.54, 1.807) is 0 Å². The van der Waals surface area contributed by atoms with Gasteiger partial charge in [-0.2, -0.15) is 0 Å². The lowest BCUT2D eigenvalue weighted by Crippen LogP contribution is -2.30. The van der Waals surface area contributed by atoms with E-state index in [9.17, 15) is 14.7 Å². The average Bonchev–Trinajstić information content (AvgIpc) is 2.55. The van der Waals surface area contributed by atoms with Crippen LogP contribution in [0.2, 0.25) is 0 Å². The minimum absolute atomic E-state index is 0.112. The van der Waals surface area contributed by atoms with E-state index in [1.165, 1.54) is 19.4 Å². The van der Waals surface area contributed by atoms with Gasteiger partial charge >= 0.3 is 5.97 Å². The van der Waals surface area contributed by atoms with Gasteiger partial charge in [-0.05, 0) is 23.3 Å². The summed E-state index contributed by atoms with van der Waals surface area (Å²) in [7, 11) is 1.30. The normalized spacial score (nSPS) is 21.3. The zero-order valence-electron chi connectivity index (χ0n) is 12.6. The van der Waals surface area contributed by atoms with Crippen molar-refractivity contribution in [3.05, 3.63) is 71.2 Å². The molecule has 0 radical (unpaired) electrons. The molecule has 2 unspecified atom stereocenters. The summed E-state index contributed by atoms with van der Waals surface area (Å²) >= 11 is 0. The van der Waals surface area contributed by atoms with E-state index in [2.05, 4.69) is 0 Å². The first-order valence-corrected chi connectivity index (χ1v) is 7.23. The molecule has 1 aromatic carbocycles. The van der Waals surface area contributed by atoms with Crippen molar-refractivity contribution in [3.8, 4) is 0 Å². The summed E-state index contributed by atoms with van der Waals surface area (Å²) in [5.41, 5.74) is 2.05. The molecule has 1 heterocycles. The number of benzene rings is 1. The van der Waals surface area contributed by atoms with E-state index in [1.807, 2.05) is 36.4 Å². The van der Waals surface area contributed by atoms with Gasteiger partial charge in [0.1, 0.15) is 5.76 Å². The van der Waals surface area contributed by atoms with Gasteiger partial charge < -0.3 is 14.6 Å². The second kappa shape index (κ2) is 6.22. The van der Waals surface area contributed by atoms with Gasteiger partial charge in [-0.25, -0.2) is 4.79 Å². The number of carboxylic acids is 1. The number of hydrogen-bond acceptors (Lipinski definition) is 4. The van der Waals surface area contributed by atoms with Crippen LogP contribution in [-0.4, -0.2) is 30.1 Å². The summed E-state index contributed by atoms with van der Waals surface area (Å²) in [6, 6.07) is 9.71. The van der Waals surface area contributed by atoms with Crippen molar-refractivity contribution in [2.45, 2.75) is 18.4 Å². The standard InChI is InChI=1S/C18H16O5/c1-22-17(18(20)21)15-10-12(19)9-14-13(7-8-23-16(14)15)11-5-3-2-4-6-11/h2-8,10,13,17H,9H2,1H3,(H,20,21). The smallest absolute Gasteiger partial charge is 0.337 e. The van der Waals surface area contributed by atoms with Crippen LogP contribution in [0.25, 0.3) is 0 Å². The number of allylic oxidation sites excluding steroid dienone is 3. The van der Waals surface area contributed by atoms with E-state index in [0.29, 0.717) is 5.76 Å². The van der Waals surface area contributed by atoms with Crippen LogP contribution in [0, 0.1) is 0 Å². The molecule has 0 saturated heterocycles. The number of ketones is 1. The van der Waals surface area contributed by atoms with Crippen molar-refractivity contribution in [1.29, 1.82) is 0 Å². The van der Waals surface area contributed by atoms with Crippen LogP contribution in [0.5, 0.6) is 0 Å². The number of aliphatic carboxylic acids is 1. The molecule has 5 nitrogen and oxygen atoms in total. The molecule has 0 amide bonds. The quantitative estimate of drug-likeness (QED) is 0.925. The maximum atomic E-state index is 12.1. The summed E-state index contributed by atoms with van der Waals surface area (Å²) < 4.78 is 10.6. The molecule has 0 saturated carbocycles. The molecule has 1 aliphatic carbocycles. The van der Waals surface area contributed by atoms with E-state index in [4.69, 9.17) is 9.47 Å². The summed E-state index contributed by atoms with van der Waals surface area (Å²) in [5.74, 6) is -0.995. The summed E-state index contributed by atoms with van der Waals surface area (Å²) in [6.45, 7) is 0. The molecule has 1 aliphatic heterocycles. The van der Waals surface area contributed by atoms with Gasteiger partial charge in [0.25, 0.3) is 0 Å². The van der Waals surface area contributed by atoms with Gasteiger partial charge in [0.05, 0.1) is 6.26 Å². The van der Waals surface area contributed by atoms with Gasteiger partial charge in [-0.3, -0.25) is 4.79 Å². The number of carbonyl (C=O) groups is 2. The Morgan fingerprint density at radius 3 is 2.74 bits per heavy atom. The maximum absolute atomic E-state index is 12.1. The van der Waals surface area contributed by atoms with E-state index in [0.717, 1.165) is 11.1 Å². The zero-order valence-corrected chi connectivity index (χ0v) is 12.6. The molecule has 3 rings (SSSR count). The van der Waals surface area contributed by atoms with Crippen molar-refractivity contribution >= 4 is 11.8 Å². The highest BCUT2D eigenvalue weighted by atomic mass is 16.5. The van der Waals surface area contributed by atoms with Gasteiger partial charge in [0.2, 0.25) is 0 Å². The lowest BCUT2D eigenvalue weighted by atomic mass is 9.81. The predicted octanol–water partition coefficient (Wildman–Crippen LogP) is 2.57. The molecule has 2 atom stereocenters. The van der Waals surface area contributed by atoms with Crippen molar-refractivity contribution in [3.63, 3.8) is 0 Å². The monoisotopic (exact) mass is 312 g/mol. The number of carbonyl (C=O) groups excluding carboxylic acids is 1. The number of hydrogen-bond donors (Lipinski definition) is 1. The van der Waals surface area contributed by atoms with Crippen LogP contribution < -0.4 is 0 Å². The Morgan fingerprint density at radius 1 is 1.35 bits per heavy atom. The number of ether oxygens (including phenoxy) is 2. The Hall–Kier alpha value is -2.66. The first-order chi connectivity index (χ1) is 11.1. The fourth-order valence-electron chi connectivity index (χ4n) is 2.97. The highest BCUT2D eigenvalue weighted by Gasteiger charge is 2.35. The zero-order chi connectivity index (χ0) is 16.4. The van der Waals surface area contributed by atoms with Crippen LogP contribution in [0.3, 0.4) is 0 Å². The maximum Gasteiger partial charge on any atom is 0.337 e. The van der Waals surface area contributed by atoms with Crippen LogP contribution in [-0.2, 0) is 19.1 Å². The van der Waals surface area contributed by atoms with Crippen molar-refractivity contribution in [2.24, 2.45) is 0 Å². The van der Waals surface area contributed by atoms with Gasteiger partial charge in [-0.1, -0.05) is 30.3 Å². The van der Waals surface area contributed by atoms with Gasteiger partial charge in [-0.15, -0.1) is 0 Å². The second-order valence-electron chi connectivity index (χ2n) is 5.39. The minimum Gasteiger partial charge on any atom is -0.479 e. The lowest BCUT2D eigenvalue weighted by molar-refractivity contribution is -0.146. The second-order valence-corrected chi connectivity index (χ2v) is 5.39. The summed E-state index contributed by atoms with van der Waals surface area (Å²) in [5, 5.41) is 9.31. The number of rotatable bonds is 4. The number of methoxy groups -OCH3 is 1. The fraction of sp³-hybridized carbons (Fsp3) is 0.222. The van der Waals surface area contributed by atoms with Crippen molar-refractivity contribution in [2.75, 3.05) is 7.11 Å². The topological polar surface area (TPSA) is 72.8 Å². The summed E-state index contributed by atoms with van der Waals surface area (Å²) in [6.07, 6.45) is 3.69. The molecular formula is C18H16O5. The lowest BCUT2D eigenvalue weighted by Gasteiger charge is -2.29. The molecule has 23 heavy (non-hydrogen) atoms. The first-order valence-electron chi connectivity index (χ1n) is 7.23. The minimum atomic E-state index is -1.23. The van der Waals surface area contributed by atoms with Crippen LogP contribution in [0.15, 0.2) is 65.7 Å². The Bertz CT molecular complexity index is 727. The predicted molar refractivity (Wildman–Crippen MR) is 82.6 cm³/mol. The average molecular weight is 312 g/mol. The van der Waals surface area contributed by atoms with Crippen LogP contribution in [0.1, 0.15) is 17.9 Å². The van der Waals surface area contributed by atoms with Crippen LogP contribution >= 0.6 is 0 Å². The fourth-order valence-corrected chi connectivity index (χ4v) is 2.97. The van der Waals surface area contributed by atoms with Crippen molar-refractivity contribution in [1.82, 2.24) is 0 Å². The largest absolute Gasteiger partial charge is 0.479 e. The molecule has 1 aromatic rings. The molecular weight excluding hydrogens is 296 g/mol. The molecule has 0 bridgehead atoms. The molecule has 2 aliphatic rings. The Labute approximate surface area is 133 Å². The van der Waals surface area contributed by atoms with Crippen molar-refractivity contribution < 1.29 is 24.2 Å². The Balaban J connectivity index is 2.07. The Morgan fingerprint density at radius 2 is 2.09 bits per heavy atom. The first kappa shape index (κ1) is 15.2. The number of carboxylic acid groups (broad SMARTS) is 1. The van der Waals surface area contributed by atoms with E-state index in [-0.39, 0.29) is 23.7 Å². The van der Waals surface area contributed by atoms with E-state index >= 15 is 0 Å². The third kappa shape index (κ3) is 2.83. The molecule has 0 fully saturated rings. The molecule has 1 N–H and O–H groups in total. The third-order valence-corrected chi connectivity index (χ3v) is 3.97. The highest BCUT2D eigenvalue weighted by Crippen LogP contribution is 2.40. The molecule has 0 aromatic heterocycles. The Kier molecular flexibility index (Phi) is 4.12. The van der Waals surface area contributed by atoms with Gasteiger partial charge in [0.15, 0.2) is 11.9 Å². The summed E-state index contributed by atoms with van der Waals surface area (Å²) in [4.78, 5) is 23.5. The van der Waals surface area contributed by atoms with Crippen LogP contribution in [0.4, 0.5) is 0 Å². The molecule has 0 spiro atoms. The van der Waals surface area contributed by atoms with Gasteiger partial charge in [0, 0.05) is 25.0 Å². The highest BCUT2D eigenvalue weighted by molar-refractivity contribution is 5.97. The SMILES string of the molecule is COC(C(=O)O)C1=CC(=O)CC2=C1OC=CC2c1ccccc1. The molecule has 118 valence electrons. The third-order valence-electron chi connectivity index (χ3n) is 3.97.